The van der Waals surface area contributed by atoms with E-state index >= 15 is 0 Å². The highest BCUT2D eigenvalue weighted by Gasteiger charge is 2.30. The third-order valence-corrected chi connectivity index (χ3v) is 4.01. The number of aromatic nitrogens is 2. The van der Waals surface area contributed by atoms with Crippen LogP contribution in [-0.2, 0) is 23.8 Å². The van der Waals surface area contributed by atoms with Crippen LogP contribution in [0.2, 0.25) is 0 Å². The van der Waals surface area contributed by atoms with Gasteiger partial charge in [-0.2, -0.15) is 18.3 Å². The van der Waals surface area contributed by atoms with Gasteiger partial charge in [-0.05, 0) is 35.7 Å². The molecule has 140 valence electrons. The Hall–Kier alpha value is -3.09. The Bertz CT molecular complexity index is 904. The Morgan fingerprint density at radius 1 is 1.04 bits per heavy atom. The molecule has 1 amide bonds. The van der Waals surface area contributed by atoms with E-state index in [4.69, 9.17) is 0 Å². The average molecular weight is 373 g/mol. The molecule has 0 saturated carbocycles. The lowest BCUT2D eigenvalue weighted by Gasteiger charge is -2.09. The lowest BCUT2D eigenvalue weighted by molar-refractivity contribution is -0.137. The standard InChI is InChI=1S/C20H18F3N3O/c21-20(22,23)17-6-4-5-15(11-17)12-19(27)24-10-9-16-13-25-26(14-16)18-7-2-1-3-8-18/h1-8,11,13-14H,9-10,12H2,(H,24,27). The molecule has 2 aromatic carbocycles. The number of nitrogens with one attached hydrogen (secondary N) is 1. The molecule has 0 saturated heterocycles. The summed E-state index contributed by atoms with van der Waals surface area (Å²) in [4.78, 5) is 12.0. The third kappa shape index (κ3) is 5.20. The number of hydrogen-bond acceptors (Lipinski definition) is 2. The number of alkyl halides is 3. The zero-order valence-corrected chi connectivity index (χ0v) is 14.4. The smallest absolute Gasteiger partial charge is 0.355 e. The fraction of sp³-hybridized carbons (Fsp3) is 0.200. The molecule has 27 heavy (non-hydrogen) atoms. The highest BCUT2D eigenvalue weighted by Crippen LogP contribution is 2.29. The van der Waals surface area contributed by atoms with Crippen LogP contribution in [0.4, 0.5) is 13.2 Å². The molecule has 3 aromatic rings. The van der Waals surface area contributed by atoms with Gasteiger partial charge in [-0.3, -0.25) is 4.79 Å². The molecule has 0 radical (unpaired) electrons. The molecule has 0 unspecified atom stereocenters. The van der Waals surface area contributed by atoms with Crippen molar-refractivity contribution in [3.8, 4) is 5.69 Å². The maximum absolute atomic E-state index is 12.7. The summed E-state index contributed by atoms with van der Waals surface area (Å²) in [5.41, 5.74) is 1.48. The van der Waals surface area contributed by atoms with Gasteiger partial charge in [-0.1, -0.05) is 36.4 Å². The van der Waals surface area contributed by atoms with E-state index in [2.05, 4.69) is 10.4 Å². The van der Waals surface area contributed by atoms with Crippen LogP contribution in [0.25, 0.3) is 5.69 Å². The van der Waals surface area contributed by atoms with Crippen molar-refractivity contribution >= 4 is 5.91 Å². The van der Waals surface area contributed by atoms with Crippen LogP contribution in [0.15, 0.2) is 67.0 Å². The summed E-state index contributed by atoms with van der Waals surface area (Å²) < 4.78 is 39.9. The zero-order chi connectivity index (χ0) is 19.3. The summed E-state index contributed by atoms with van der Waals surface area (Å²) in [7, 11) is 0. The number of benzene rings is 2. The van der Waals surface area contributed by atoms with Crippen molar-refractivity contribution < 1.29 is 18.0 Å². The number of carbonyl (C=O) groups is 1. The molecule has 1 heterocycles. The van der Waals surface area contributed by atoms with Gasteiger partial charge in [0.2, 0.25) is 5.91 Å². The van der Waals surface area contributed by atoms with E-state index in [1.54, 1.807) is 10.9 Å². The molecule has 7 heteroatoms. The second-order valence-corrected chi connectivity index (χ2v) is 6.10. The SMILES string of the molecule is O=C(Cc1cccc(C(F)(F)F)c1)NCCc1cnn(-c2ccccc2)c1. The second-order valence-electron chi connectivity index (χ2n) is 6.10. The van der Waals surface area contributed by atoms with E-state index in [0.29, 0.717) is 18.5 Å². The highest BCUT2D eigenvalue weighted by molar-refractivity contribution is 5.78. The number of amides is 1. The first kappa shape index (κ1) is 18.7. The van der Waals surface area contributed by atoms with Crippen LogP contribution in [-0.4, -0.2) is 22.2 Å². The fourth-order valence-corrected chi connectivity index (χ4v) is 2.66. The van der Waals surface area contributed by atoms with Gasteiger partial charge < -0.3 is 5.32 Å². The van der Waals surface area contributed by atoms with Crippen molar-refractivity contribution in [1.82, 2.24) is 15.1 Å². The summed E-state index contributed by atoms with van der Waals surface area (Å²) in [6.45, 7) is 0.387. The predicted molar refractivity (Wildman–Crippen MR) is 95.4 cm³/mol. The molecule has 0 spiro atoms. The zero-order valence-electron chi connectivity index (χ0n) is 14.4. The molecule has 1 N–H and O–H groups in total. The van der Waals surface area contributed by atoms with Crippen LogP contribution in [0, 0.1) is 0 Å². The molecule has 0 bridgehead atoms. The Kier molecular flexibility index (Phi) is 5.59. The lowest BCUT2D eigenvalue weighted by atomic mass is 10.1. The molecule has 0 atom stereocenters. The molecule has 0 fully saturated rings. The average Bonchev–Trinajstić information content (AvgIpc) is 3.11. The van der Waals surface area contributed by atoms with Gasteiger partial charge in [0.1, 0.15) is 0 Å². The summed E-state index contributed by atoms with van der Waals surface area (Å²) >= 11 is 0. The van der Waals surface area contributed by atoms with Gasteiger partial charge in [0, 0.05) is 12.7 Å². The van der Waals surface area contributed by atoms with Gasteiger partial charge in [-0.25, -0.2) is 4.68 Å². The second kappa shape index (κ2) is 8.07. The summed E-state index contributed by atoms with van der Waals surface area (Å²) in [6, 6.07) is 14.5. The fourth-order valence-electron chi connectivity index (χ4n) is 2.66. The van der Waals surface area contributed by atoms with Crippen LogP contribution >= 0.6 is 0 Å². The van der Waals surface area contributed by atoms with E-state index < -0.39 is 11.7 Å². The summed E-state index contributed by atoms with van der Waals surface area (Å²) in [5, 5.41) is 7.01. The van der Waals surface area contributed by atoms with Gasteiger partial charge in [-0.15, -0.1) is 0 Å². The molecule has 0 aliphatic heterocycles. The molecule has 1 aromatic heterocycles. The number of nitrogens with zero attached hydrogens (tertiary/aromatic N) is 2. The van der Waals surface area contributed by atoms with Crippen molar-refractivity contribution in [3.05, 3.63) is 83.7 Å². The van der Waals surface area contributed by atoms with Crippen LogP contribution < -0.4 is 5.32 Å². The van der Waals surface area contributed by atoms with Crippen LogP contribution in [0.5, 0.6) is 0 Å². The van der Waals surface area contributed by atoms with E-state index in [0.717, 1.165) is 23.4 Å². The van der Waals surface area contributed by atoms with E-state index in [9.17, 15) is 18.0 Å². The quantitative estimate of drug-likeness (QED) is 0.715. The monoisotopic (exact) mass is 373 g/mol. The Morgan fingerprint density at radius 2 is 1.81 bits per heavy atom. The first-order chi connectivity index (χ1) is 12.9. The van der Waals surface area contributed by atoms with Crippen molar-refractivity contribution in [1.29, 1.82) is 0 Å². The predicted octanol–water partition coefficient (Wildman–Crippen LogP) is 3.79. The third-order valence-electron chi connectivity index (χ3n) is 4.01. The van der Waals surface area contributed by atoms with Gasteiger partial charge in [0.05, 0.1) is 23.9 Å². The van der Waals surface area contributed by atoms with Gasteiger partial charge in [0.25, 0.3) is 0 Å². The molecular formula is C20H18F3N3O. The number of para-hydroxylation sites is 1. The number of hydrogen-bond donors (Lipinski definition) is 1. The summed E-state index contributed by atoms with van der Waals surface area (Å²) in [6.07, 6.45) is -0.306. The minimum absolute atomic E-state index is 0.0901. The Balaban J connectivity index is 1.50. The largest absolute Gasteiger partial charge is 0.416 e. The topological polar surface area (TPSA) is 46.9 Å². The number of halogens is 3. The van der Waals surface area contributed by atoms with E-state index in [-0.39, 0.29) is 12.3 Å². The minimum atomic E-state index is -4.41. The normalized spacial score (nSPS) is 11.4. The van der Waals surface area contributed by atoms with Gasteiger partial charge in [0.15, 0.2) is 0 Å². The van der Waals surface area contributed by atoms with Crippen molar-refractivity contribution in [2.75, 3.05) is 6.54 Å². The maximum atomic E-state index is 12.7. The first-order valence-corrected chi connectivity index (χ1v) is 8.43. The molecule has 3 rings (SSSR count). The van der Waals surface area contributed by atoms with E-state index in [1.165, 1.54) is 12.1 Å². The van der Waals surface area contributed by atoms with E-state index in [1.807, 2.05) is 36.5 Å². The van der Waals surface area contributed by atoms with Crippen molar-refractivity contribution in [3.63, 3.8) is 0 Å². The maximum Gasteiger partial charge on any atom is 0.416 e. The Labute approximate surface area is 154 Å². The molecular weight excluding hydrogens is 355 g/mol. The highest BCUT2D eigenvalue weighted by atomic mass is 19.4. The molecule has 0 aliphatic rings. The summed E-state index contributed by atoms with van der Waals surface area (Å²) in [5.74, 6) is -0.315. The van der Waals surface area contributed by atoms with Crippen LogP contribution in [0.1, 0.15) is 16.7 Å². The Morgan fingerprint density at radius 3 is 2.56 bits per heavy atom. The first-order valence-electron chi connectivity index (χ1n) is 8.43. The van der Waals surface area contributed by atoms with Crippen molar-refractivity contribution in [2.24, 2.45) is 0 Å². The lowest BCUT2D eigenvalue weighted by Crippen LogP contribution is -2.27. The molecule has 0 aliphatic carbocycles. The van der Waals surface area contributed by atoms with Crippen LogP contribution in [0.3, 0.4) is 0 Å². The minimum Gasteiger partial charge on any atom is -0.355 e. The van der Waals surface area contributed by atoms with Crippen molar-refractivity contribution in [2.45, 2.75) is 19.0 Å². The number of carbonyl (C=O) groups excluding carboxylic acids is 1. The number of rotatable bonds is 6. The molecule has 4 nitrogen and oxygen atoms in total. The van der Waals surface area contributed by atoms with Gasteiger partial charge >= 0.3 is 6.18 Å².